The average Bonchev–Trinajstić information content (AvgIpc) is 2.67. The fourth-order valence-electron chi connectivity index (χ4n) is 1.50. The van der Waals surface area contributed by atoms with E-state index in [0.29, 0.717) is 12.1 Å². The zero-order valence-corrected chi connectivity index (χ0v) is 8.28. The van der Waals surface area contributed by atoms with Crippen molar-refractivity contribution >= 4 is 11.8 Å². The first-order chi connectivity index (χ1) is 7.99. The van der Waals surface area contributed by atoms with Gasteiger partial charge in [0.25, 0.3) is 0 Å². The zero-order chi connectivity index (χ0) is 12.6. The molecule has 1 atom stereocenters. The van der Waals surface area contributed by atoms with E-state index < -0.39 is 34.4 Å². The predicted octanol–water partition coefficient (Wildman–Crippen LogP) is 1.65. The molecule has 2 rings (SSSR count). The summed E-state index contributed by atoms with van der Waals surface area (Å²) in [7, 11) is 0. The van der Waals surface area contributed by atoms with Gasteiger partial charge in [0.15, 0.2) is 0 Å². The molecule has 1 fully saturated rings. The van der Waals surface area contributed by atoms with E-state index in [-0.39, 0.29) is 12.1 Å². The third-order valence-corrected chi connectivity index (χ3v) is 2.29. The van der Waals surface area contributed by atoms with Gasteiger partial charge in [-0.1, -0.05) is 0 Å². The fourth-order valence-corrected chi connectivity index (χ4v) is 1.50. The van der Waals surface area contributed by atoms with Crippen LogP contribution in [0.5, 0.6) is 0 Å². The van der Waals surface area contributed by atoms with Gasteiger partial charge in [0.1, 0.15) is 11.9 Å². The van der Waals surface area contributed by atoms with Crippen molar-refractivity contribution in [1.29, 1.82) is 0 Å². The largest absolute Gasteiger partial charge is 0.439 e. The Labute approximate surface area is 93.3 Å². The molecule has 0 spiro atoms. The fraction of sp³-hybridized carbons (Fsp3) is 0.222. The minimum atomic E-state index is -1.17. The normalized spacial score (nSPS) is 18.7. The highest BCUT2D eigenvalue weighted by Crippen LogP contribution is 2.28. The molecule has 1 aliphatic rings. The molecule has 90 valence electrons. The van der Waals surface area contributed by atoms with Gasteiger partial charge in [-0.2, -0.15) is 4.39 Å². The van der Waals surface area contributed by atoms with E-state index in [2.05, 4.69) is 10.1 Å². The Kier molecular flexibility index (Phi) is 2.62. The number of nitro groups is 1. The van der Waals surface area contributed by atoms with E-state index in [1.54, 1.807) is 0 Å². The van der Waals surface area contributed by atoms with E-state index in [0.717, 1.165) is 0 Å². The molecule has 0 saturated carbocycles. The maximum Gasteiger partial charge on any atom is 0.407 e. The standard InChI is InChI=1S/C9H6F2N2O4/c10-5-2-7(13(15)16)6(11)1-4(5)8-3-12-9(14)17-8/h1-2,8H,3H2,(H,12,14). The summed E-state index contributed by atoms with van der Waals surface area (Å²) in [6.45, 7) is -0.00694. The van der Waals surface area contributed by atoms with Crippen molar-refractivity contribution < 1.29 is 23.2 Å². The van der Waals surface area contributed by atoms with Crippen molar-refractivity contribution in [2.45, 2.75) is 6.10 Å². The maximum absolute atomic E-state index is 13.5. The molecule has 1 aromatic carbocycles. The molecular formula is C9H6F2N2O4. The highest BCUT2D eigenvalue weighted by Gasteiger charge is 2.29. The van der Waals surface area contributed by atoms with Gasteiger partial charge in [-0.25, -0.2) is 9.18 Å². The number of cyclic esters (lactones) is 1. The first-order valence-electron chi connectivity index (χ1n) is 4.57. The molecule has 0 aliphatic carbocycles. The molecule has 1 heterocycles. The predicted molar refractivity (Wildman–Crippen MR) is 50.2 cm³/mol. The molecule has 1 saturated heterocycles. The molecule has 1 N–H and O–H groups in total. The Morgan fingerprint density at radius 2 is 2.12 bits per heavy atom. The Morgan fingerprint density at radius 1 is 1.41 bits per heavy atom. The molecule has 8 heteroatoms. The van der Waals surface area contributed by atoms with Crippen LogP contribution in [0.4, 0.5) is 19.3 Å². The average molecular weight is 244 g/mol. The number of nitro benzene ring substituents is 1. The van der Waals surface area contributed by atoms with Crippen molar-refractivity contribution in [3.63, 3.8) is 0 Å². The van der Waals surface area contributed by atoms with Crippen molar-refractivity contribution in [3.8, 4) is 0 Å². The van der Waals surface area contributed by atoms with Gasteiger partial charge in [0.05, 0.1) is 17.5 Å². The van der Waals surface area contributed by atoms with Crippen LogP contribution in [-0.2, 0) is 4.74 Å². The maximum atomic E-state index is 13.5. The molecule has 0 radical (unpaired) electrons. The van der Waals surface area contributed by atoms with Gasteiger partial charge in [-0.15, -0.1) is 0 Å². The van der Waals surface area contributed by atoms with E-state index in [1.807, 2.05) is 0 Å². The molecule has 1 aliphatic heterocycles. The van der Waals surface area contributed by atoms with Gasteiger partial charge >= 0.3 is 11.8 Å². The van der Waals surface area contributed by atoms with E-state index in [1.165, 1.54) is 0 Å². The van der Waals surface area contributed by atoms with E-state index in [4.69, 9.17) is 0 Å². The number of rotatable bonds is 2. The number of nitrogens with one attached hydrogen (secondary N) is 1. The van der Waals surface area contributed by atoms with Crippen molar-refractivity contribution in [2.24, 2.45) is 0 Å². The lowest BCUT2D eigenvalue weighted by Crippen LogP contribution is -2.12. The van der Waals surface area contributed by atoms with Crippen LogP contribution in [-0.4, -0.2) is 17.6 Å². The number of alkyl carbamates (subject to hydrolysis) is 1. The summed E-state index contributed by atoms with van der Waals surface area (Å²) in [5.41, 5.74) is -1.19. The minimum Gasteiger partial charge on any atom is -0.439 e. The molecule has 1 unspecified atom stereocenters. The third-order valence-electron chi connectivity index (χ3n) is 2.29. The first kappa shape index (κ1) is 11.2. The van der Waals surface area contributed by atoms with Crippen LogP contribution < -0.4 is 5.32 Å². The summed E-state index contributed by atoms with van der Waals surface area (Å²) >= 11 is 0. The first-order valence-corrected chi connectivity index (χ1v) is 4.57. The van der Waals surface area contributed by atoms with Crippen LogP contribution in [0, 0.1) is 21.7 Å². The highest BCUT2D eigenvalue weighted by molar-refractivity contribution is 5.69. The summed E-state index contributed by atoms with van der Waals surface area (Å²) in [5, 5.41) is 12.6. The van der Waals surface area contributed by atoms with Crippen LogP contribution in [0.25, 0.3) is 0 Å². The van der Waals surface area contributed by atoms with Crippen LogP contribution in [0.2, 0.25) is 0 Å². The second kappa shape index (κ2) is 3.96. The van der Waals surface area contributed by atoms with Crippen molar-refractivity contribution in [2.75, 3.05) is 6.54 Å². The Hall–Kier alpha value is -2.25. The number of nitrogens with zero attached hydrogens (tertiary/aromatic N) is 1. The monoisotopic (exact) mass is 244 g/mol. The summed E-state index contributed by atoms with van der Waals surface area (Å²) in [6, 6.07) is 1.13. The van der Waals surface area contributed by atoms with Gasteiger partial charge < -0.3 is 10.1 Å². The van der Waals surface area contributed by atoms with Crippen molar-refractivity contribution in [1.82, 2.24) is 5.32 Å². The smallest absolute Gasteiger partial charge is 0.407 e. The van der Waals surface area contributed by atoms with Gasteiger partial charge in [0, 0.05) is 5.56 Å². The number of carbonyl (C=O) groups is 1. The molecule has 17 heavy (non-hydrogen) atoms. The van der Waals surface area contributed by atoms with Crippen molar-refractivity contribution in [3.05, 3.63) is 39.4 Å². The lowest BCUT2D eigenvalue weighted by Gasteiger charge is -2.09. The summed E-state index contributed by atoms with van der Waals surface area (Å²) < 4.78 is 31.4. The Morgan fingerprint density at radius 3 is 2.65 bits per heavy atom. The number of amides is 1. The lowest BCUT2D eigenvalue weighted by atomic mass is 10.1. The second-order valence-corrected chi connectivity index (χ2v) is 3.36. The molecule has 1 aromatic rings. The summed E-state index contributed by atoms with van der Waals surface area (Å²) in [5.74, 6) is -2.16. The number of benzene rings is 1. The molecule has 1 amide bonds. The topological polar surface area (TPSA) is 81.5 Å². The molecule has 6 nitrogen and oxygen atoms in total. The summed E-state index contributed by atoms with van der Waals surface area (Å²) in [4.78, 5) is 20.1. The third kappa shape index (κ3) is 2.01. The number of hydrogen-bond acceptors (Lipinski definition) is 4. The van der Waals surface area contributed by atoms with Crippen LogP contribution in [0.15, 0.2) is 12.1 Å². The van der Waals surface area contributed by atoms with Gasteiger partial charge in [-0.05, 0) is 6.07 Å². The van der Waals surface area contributed by atoms with Crippen LogP contribution in [0.3, 0.4) is 0 Å². The van der Waals surface area contributed by atoms with Crippen LogP contribution >= 0.6 is 0 Å². The van der Waals surface area contributed by atoms with Crippen LogP contribution in [0.1, 0.15) is 11.7 Å². The summed E-state index contributed by atoms with van der Waals surface area (Å²) in [6.07, 6.45) is -1.72. The molecular weight excluding hydrogens is 238 g/mol. The van der Waals surface area contributed by atoms with E-state index in [9.17, 15) is 23.7 Å². The Bertz CT molecular complexity index is 506. The molecule has 0 aromatic heterocycles. The van der Waals surface area contributed by atoms with Gasteiger partial charge in [-0.3, -0.25) is 10.1 Å². The van der Waals surface area contributed by atoms with Gasteiger partial charge in [0.2, 0.25) is 5.82 Å². The number of carbonyl (C=O) groups excluding carboxylic acids is 1. The Balaban J connectivity index is 2.39. The lowest BCUT2D eigenvalue weighted by molar-refractivity contribution is -0.387. The van der Waals surface area contributed by atoms with E-state index >= 15 is 0 Å². The second-order valence-electron chi connectivity index (χ2n) is 3.36. The SMILES string of the molecule is O=C1NCC(c2cc(F)c([N+](=O)[O-])cc2F)O1. The number of ether oxygens (including phenoxy) is 1. The zero-order valence-electron chi connectivity index (χ0n) is 8.28. The molecule has 0 bridgehead atoms. The highest BCUT2D eigenvalue weighted by atomic mass is 19.1. The minimum absolute atomic E-state index is 0.00694. The number of hydrogen-bond donors (Lipinski definition) is 1. The number of halogens is 2. The quantitative estimate of drug-likeness (QED) is 0.633.